The fraction of sp³-hybridized carbons (Fsp3) is 0.250. The van der Waals surface area contributed by atoms with E-state index < -0.39 is 0 Å². The van der Waals surface area contributed by atoms with Gasteiger partial charge in [-0.2, -0.15) is 4.98 Å². The second kappa shape index (κ2) is 7.33. The van der Waals surface area contributed by atoms with Gasteiger partial charge in [0.15, 0.2) is 5.82 Å². The molecule has 1 atom stereocenters. The maximum atomic E-state index is 12.2. The summed E-state index contributed by atoms with van der Waals surface area (Å²) in [5, 5.41) is 9.15. The van der Waals surface area contributed by atoms with Crippen LogP contribution in [0.4, 0.5) is 0 Å². The highest BCUT2D eigenvalue weighted by Crippen LogP contribution is 2.14. The molecule has 1 amide bonds. The predicted octanol–water partition coefficient (Wildman–Crippen LogP) is 2.07. The zero-order valence-corrected chi connectivity index (χ0v) is 13.9. The number of carbonyl (C=O) groups excluding carboxylic acids is 1. The van der Waals surface area contributed by atoms with E-state index >= 15 is 0 Å². The number of rotatable bonds is 6. The van der Waals surface area contributed by atoms with Crippen LogP contribution in [0.3, 0.4) is 0 Å². The van der Waals surface area contributed by atoms with Crippen molar-refractivity contribution in [3.63, 3.8) is 0 Å². The van der Waals surface area contributed by atoms with Crippen LogP contribution in [-0.4, -0.2) is 21.0 Å². The third-order valence-electron chi connectivity index (χ3n) is 3.38. The Morgan fingerprint density at radius 1 is 1.33 bits per heavy atom. The van der Waals surface area contributed by atoms with Crippen LogP contribution in [0, 0.1) is 0 Å². The lowest BCUT2D eigenvalue weighted by molar-refractivity contribution is 0.0933. The number of hydrogen-bond donors (Lipinski definition) is 2. The summed E-state index contributed by atoms with van der Waals surface area (Å²) in [6, 6.07) is 9.47. The van der Waals surface area contributed by atoms with Gasteiger partial charge in [-0.05, 0) is 12.5 Å². The molecule has 0 fully saturated rings. The first kappa shape index (κ1) is 16.3. The van der Waals surface area contributed by atoms with E-state index in [0.717, 1.165) is 10.6 Å². The second-order valence-corrected chi connectivity index (χ2v) is 6.18. The van der Waals surface area contributed by atoms with Crippen LogP contribution in [0.2, 0.25) is 0 Å². The third-order valence-corrected chi connectivity index (χ3v) is 4.25. The molecule has 0 bridgehead atoms. The van der Waals surface area contributed by atoms with Crippen molar-refractivity contribution in [3.8, 4) is 0 Å². The van der Waals surface area contributed by atoms with Crippen LogP contribution in [0.25, 0.3) is 0 Å². The van der Waals surface area contributed by atoms with Crippen molar-refractivity contribution in [2.75, 3.05) is 0 Å². The average molecular weight is 343 g/mol. The van der Waals surface area contributed by atoms with Gasteiger partial charge in [0.1, 0.15) is 10.7 Å². The summed E-state index contributed by atoms with van der Waals surface area (Å²) in [5.41, 5.74) is 6.94. The molecular formula is C16H17N5O2S. The van der Waals surface area contributed by atoms with E-state index in [1.54, 1.807) is 12.3 Å². The minimum absolute atomic E-state index is 0.284. The number of nitrogens with two attached hydrogens (primary N) is 1. The Morgan fingerprint density at radius 3 is 2.83 bits per heavy atom. The normalized spacial score (nSPS) is 12.1. The summed E-state index contributed by atoms with van der Waals surface area (Å²) in [6.07, 6.45) is 0.556. The number of benzene rings is 1. The highest BCUT2D eigenvalue weighted by atomic mass is 32.1. The monoisotopic (exact) mass is 343 g/mol. The Labute approximate surface area is 142 Å². The molecule has 0 saturated carbocycles. The highest BCUT2D eigenvalue weighted by Gasteiger charge is 2.18. The zero-order valence-electron chi connectivity index (χ0n) is 13.1. The van der Waals surface area contributed by atoms with Gasteiger partial charge in [-0.1, -0.05) is 35.5 Å². The van der Waals surface area contributed by atoms with Gasteiger partial charge >= 0.3 is 0 Å². The van der Waals surface area contributed by atoms with Crippen molar-refractivity contribution in [1.82, 2.24) is 20.4 Å². The van der Waals surface area contributed by atoms with Gasteiger partial charge in [-0.15, -0.1) is 11.3 Å². The zero-order chi connectivity index (χ0) is 16.9. The minimum atomic E-state index is -0.381. The van der Waals surface area contributed by atoms with Gasteiger partial charge in [-0.3, -0.25) is 4.79 Å². The summed E-state index contributed by atoms with van der Waals surface area (Å²) in [7, 11) is 0. The summed E-state index contributed by atoms with van der Waals surface area (Å²) in [6.45, 7) is 2.12. The number of amides is 1. The quantitative estimate of drug-likeness (QED) is 0.709. The molecule has 0 spiro atoms. The Bertz CT molecular complexity index is 815. The van der Waals surface area contributed by atoms with Crippen molar-refractivity contribution < 1.29 is 9.32 Å². The Morgan fingerprint density at radius 2 is 2.12 bits per heavy atom. The molecular weight excluding hydrogens is 326 g/mol. The fourth-order valence-electron chi connectivity index (χ4n) is 2.13. The first-order chi connectivity index (χ1) is 11.7. The van der Waals surface area contributed by atoms with Gasteiger partial charge < -0.3 is 15.6 Å². The number of thiazole rings is 1. The van der Waals surface area contributed by atoms with Crippen molar-refractivity contribution in [3.05, 3.63) is 63.7 Å². The molecule has 0 aliphatic carbocycles. The van der Waals surface area contributed by atoms with E-state index in [2.05, 4.69) is 20.4 Å². The van der Waals surface area contributed by atoms with E-state index in [-0.39, 0.29) is 11.9 Å². The smallest absolute Gasteiger partial charge is 0.271 e. The molecule has 0 radical (unpaired) electrons. The number of aromatic nitrogens is 3. The fourth-order valence-corrected chi connectivity index (χ4v) is 2.78. The van der Waals surface area contributed by atoms with Gasteiger partial charge in [0, 0.05) is 11.9 Å². The average Bonchev–Trinajstić information content (AvgIpc) is 3.25. The molecule has 7 nitrogen and oxygen atoms in total. The maximum absolute atomic E-state index is 12.2. The highest BCUT2D eigenvalue weighted by molar-refractivity contribution is 7.09. The van der Waals surface area contributed by atoms with E-state index in [1.807, 2.05) is 30.3 Å². The topological polar surface area (TPSA) is 107 Å². The van der Waals surface area contributed by atoms with Crippen molar-refractivity contribution in [1.29, 1.82) is 0 Å². The van der Waals surface area contributed by atoms with Crippen LogP contribution in [0.5, 0.6) is 0 Å². The molecule has 3 aromatic rings. The van der Waals surface area contributed by atoms with Crippen LogP contribution in [0.1, 0.15) is 45.7 Å². The minimum Gasteiger partial charge on any atom is -0.341 e. The second-order valence-electron chi connectivity index (χ2n) is 5.23. The molecule has 0 aliphatic rings. The molecule has 124 valence electrons. The lowest BCUT2D eigenvalue weighted by Gasteiger charge is -2.08. The van der Waals surface area contributed by atoms with E-state index in [1.165, 1.54) is 11.3 Å². The summed E-state index contributed by atoms with van der Waals surface area (Å²) in [4.78, 5) is 20.7. The lowest BCUT2D eigenvalue weighted by Crippen LogP contribution is -2.27. The van der Waals surface area contributed by atoms with Crippen molar-refractivity contribution >= 4 is 17.2 Å². The Hall–Kier alpha value is -2.58. The number of nitrogens with one attached hydrogen (secondary N) is 1. The number of carbonyl (C=O) groups is 1. The van der Waals surface area contributed by atoms with Crippen LogP contribution < -0.4 is 11.1 Å². The molecule has 8 heteroatoms. The molecule has 1 aromatic carbocycles. The molecule has 3 N–H and O–H groups in total. The van der Waals surface area contributed by atoms with E-state index in [4.69, 9.17) is 10.3 Å². The SMILES string of the molecule is CC(NC(=O)c1csc(CN)n1)c1noc(Cc2ccccc2)n1. The molecule has 0 saturated heterocycles. The first-order valence-corrected chi connectivity index (χ1v) is 8.35. The van der Waals surface area contributed by atoms with E-state index in [9.17, 15) is 4.79 Å². The molecule has 24 heavy (non-hydrogen) atoms. The molecule has 2 aromatic heterocycles. The van der Waals surface area contributed by atoms with E-state index in [0.29, 0.717) is 30.4 Å². The Balaban J connectivity index is 1.63. The predicted molar refractivity (Wildman–Crippen MR) is 89.4 cm³/mol. The summed E-state index contributed by atoms with van der Waals surface area (Å²) in [5.74, 6) is 0.660. The number of nitrogens with zero attached hydrogens (tertiary/aromatic N) is 3. The van der Waals surface area contributed by atoms with Gasteiger partial charge in [0.25, 0.3) is 5.91 Å². The van der Waals surface area contributed by atoms with Gasteiger partial charge in [0.2, 0.25) is 5.89 Å². The van der Waals surface area contributed by atoms with Gasteiger partial charge in [-0.25, -0.2) is 4.98 Å². The number of hydrogen-bond acceptors (Lipinski definition) is 7. The van der Waals surface area contributed by atoms with Gasteiger partial charge in [0.05, 0.1) is 12.5 Å². The first-order valence-electron chi connectivity index (χ1n) is 7.47. The van der Waals surface area contributed by atoms with Crippen molar-refractivity contribution in [2.45, 2.75) is 25.9 Å². The lowest BCUT2D eigenvalue weighted by atomic mass is 10.1. The molecule has 3 rings (SSSR count). The van der Waals surface area contributed by atoms with Crippen LogP contribution >= 0.6 is 11.3 Å². The van der Waals surface area contributed by atoms with Crippen LogP contribution in [0.15, 0.2) is 40.2 Å². The summed E-state index contributed by atoms with van der Waals surface area (Å²) >= 11 is 1.36. The molecule has 2 heterocycles. The largest absolute Gasteiger partial charge is 0.341 e. The third kappa shape index (κ3) is 3.84. The van der Waals surface area contributed by atoms with Crippen LogP contribution in [-0.2, 0) is 13.0 Å². The Kier molecular flexibility index (Phi) is 4.97. The molecule has 0 aliphatic heterocycles. The van der Waals surface area contributed by atoms with Crippen molar-refractivity contribution in [2.24, 2.45) is 5.73 Å². The molecule has 1 unspecified atom stereocenters. The standard InChI is InChI=1S/C16H17N5O2S/c1-10(18-16(22)12-9-24-14(8-17)19-12)15-20-13(23-21-15)7-11-5-3-2-4-6-11/h2-6,9-10H,7-8,17H2,1H3,(H,18,22). The summed E-state index contributed by atoms with van der Waals surface area (Å²) < 4.78 is 5.26. The maximum Gasteiger partial charge on any atom is 0.271 e.